The number of nitrogens with one attached hydrogen (secondary N) is 2. The van der Waals surface area contributed by atoms with E-state index in [0.29, 0.717) is 25.3 Å². The summed E-state index contributed by atoms with van der Waals surface area (Å²) in [5, 5.41) is 5.80. The molecule has 0 spiro atoms. The third kappa shape index (κ3) is 4.54. The maximum atomic E-state index is 12.8. The van der Waals surface area contributed by atoms with E-state index in [9.17, 15) is 9.18 Å². The van der Waals surface area contributed by atoms with Gasteiger partial charge in [-0.1, -0.05) is 12.1 Å². The van der Waals surface area contributed by atoms with Gasteiger partial charge in [-0.3, -0.25) is 4.79 Å². The van der Waals surface area contributed by atoms with Crippen molar-refractivity contribution in [3.8, 4) is 0 Å². The molecule has 1 amide bonds. The van der Waals surface area contributed by atoms with Crippen molar-refractivity contribution >= 4 is 11.6 Å². The highest BCUT2D eigenvalue weighted by Crippen LogP contribution is 2.09. The van der Waals surface area contributed by atoms with Gasteiger partial charge in [-0.15, -0.1) is 0 Å². The molecule has 1 aromatic carbocycles. The van der Waals surface area contributed by atoms with Crippen LogP contribution >= 0.6 is 0 Å². The van der Waals surface area contributed by atoms with Crippen molar-refractivity contribution in [2.24, 2.45) is 5.73 Å². The van der Waals surface area contributed by atoms with E-state index in [2.05, 4.69) is 15.6 Å². The molecule has 5 nitrogen and oxygen atoms in total. The van der Waals surface area contributed by atoms with Gasteiger partial charge >= 0.3 is 0 Å². The molecule has 2 rings (SSSR count). The first-order chi connectivity index (χ1) is 10.2. The van der Waals surface area contributed by atoms with Crippen LogP contribution in [-0.4, -0.2) is 24.0 Å². The minimum atomic E-state index is -0.256. The highest BCUT2D eigenvalue weighted by atomic mass is 19.1. The molecule has 1 aromatic heterocycles. The molecule has 0 unspecified atom stereocenters. The highest BCUT2D eigenvalue weighted by Gasteiger charge is 2.05. The molecule has 0 aliphatic rings. The Hall–Kier alpha value is -2.47. The summed E-state index contributed by atoms with van der Waals surface area (Å²) in [6, 6.07) is 9.67. The molecule has 6 heteroatoms. The minimum Gasteiger partial charge on any atom is -0.380 e. The fourth-order valence-electron chi connectivity index (χ4n) is 1.72. The monoisotopic (exact) mass is 288 g/mol. The Labute approximate surface area is 122 Å². The topological polar surface area (TPSA) is 80.0 Å². The summed E-state index contributed by atoms with van der Waals surface area (Å²) in [6.45, 7) is 1.37. The molecule has 0 bridgehead atoms. The van der Waals surface area contributed by atoms with E-state index >= 15 is 0 Å². The van der Waals surface area contributed by atoms with Crippen LogP contribution in [0.5, 0.6) is 0 Å². The molecular formula is C15H17FN4O. The molecule has 0 atom stereocenters. The second-order valence-corrected chi connectivity index (χ2v) is 4.46. The second kappa shape index (κ2) is 7.35. The zero-order valence-corrected chi connectivity index (χ0v) is 11.5. The lowest BCUT2D eigenvalue weighted by atomic mass is 10.2. The lowest BCUT2D eigenvalue weighted by Gasteiger charge is -2.07. The lowest BCUT2D eigenvalue weighted by Crippen LogP contribution is -2.29. The average molecular weight is 288 g/mol. The normalized spacial score (nSPS) is 10.2. The zero-order chi connectivity index (χ0) is 15.1. The molecule has 0 saturated heterocycles. The number of carbonyl (C=O) groups is 1. The number of benzene rings is 1. The summed E-state index contributed by atoms with van der Waals surface area (Å²) in [7, 11) is 0. The summed E-state index contributed by atoms with van der Waals surface area (Å²) in [5.41, 5.74) is 7.40. The SMILES string of the molecule is NCCNC(=O)c1ccc(NCc2ccc(F)cc2)cn1. The van der Waals surface area contributed by atoms with Gasteiger partial charge in [0.1, 0.15) is 11.5 Å². The van der Waals surface area contributed by atoms with Gasteiger partial charge in [-0.2, -0.15) is 0 Å². The van der Waals surface area contributed by atoms with Gasteiger partial charge in [-0.05, 0) is 29.8 Å². The molecule has 0 aliphatic heterocycles. The maximum absolute atomic E-state index is 12.8. The fraction of sp³-hybridized carbons (Fsp3) is 0.200. The predicted octanol–water partition coefficient (Wildman–Crippen LogP) is 1.52. The molecule has 110 valence electrons. The number of carbonyl (C=O) groups excluding carboxylic acids is 1. The van der Waals surface area contributed by atoms with E-state index in [-0.39, 0.29) is 11.7 Å². The largest absolute Gasteiger partial charge is 0.380 e. The first-order valence-corrected chi connectivity index (χ1v) is 6.61. The first-order valence-electron chi connectivity index (χ1n) is 6.61. The summed E-state index contributed by atoms with van der Waals surface area (Å²) < 4.78 is 12.8. The van der Waals surface area contributed by atoms with Crippen LogP contribution in [0, 0.1) is 5.82 Å². The summed E-state index contributed by atoms with van der Waals surface area (Å²) >= 11 is 0. The zero-order valence-electron chi connectivity index (χ0n) is 11.5. The Morgan fingerprint density at radius 3 is 2.57 bits per heavy atom. The third-order valence-electron chi connectivity index (χ3n) is 2.84. The first kappa shape index (κ1) is 14.9. The highest BCUT2D eigenvalue weighted by molar-refractivity contribution is 5.92. The number of anilines is 1. The van der Waals surface area contributed by atoms with Gasteiger partial charge < -0.3 is 16.4 Å². The lowest BCUT2D eigenvalue weighted by molar-refractivity contribution is 0.0950. The summed E-state index contributed by atoms with van der Waals surface area (Å²) in [4.78, 5) is 15.7. The van der Waals surface area contributed by atoms with E-state index in [0.717, 1.165) is 11.3 Å². The van der Waals surface area contributed by atoms with Crippen LogP contribution in [0.4, 0.5) is 10.1 Å². The number of halogens is 1. The van der Waals surface area contributed by atoms with E-state index < -0.39 is 0 Å². The predicted molar refractivity (Wildman–Crippen MR) is 79.4 cm³/mol. The number of nitrogens with two attached hydrogens (primary N) is 1. The number of hydrogen-bond donors (Lipinski definition) is 3. The van der Waals surface area contributed by atoms with Gasteiger partial charge in [0.05, 0.1) is 11.9 Å². The van der Waals surface area contributed by atoms with Crippen LogP contribution in [-0.2, 0) is 6.54 Å². The Morgan fingerprint density at radius 2 is 1.95 bits per heavy atom. The third-order valence-corrected chi connectivity index (χ3v) is 2.84. The van der Waals surface area contributed by atoms with E-state index in [1.807, 2.05) is 0 Å². The van der Waals surface area contributed by atoms with E-state index in [1.165, 1.54) is 12.1 Å². The number of hydrogen-bond acceptors (Lipinski definition) is 4. The van der Waals surface area contributed by atoms with Crippen molar-refractivity contribution in [1.82, 2.24) is 10.3 Å². The fourth-order valence-corrected chi connectivity index (χ4v) is 1.72. The quantitative estimate of drug-likeness (QED) is 0.753. The molecule has 1 heterocycles. The maximum Gasteiger partial charge on any atom is 0.269 e. The van der Waals surface area contributed by atoms with Crippen molar-refractivity contribution in [1.29, 1.82) is 0 Å². The van der Waals surface area contributed by atoms with Crippen LogP contribution in [0.25, 0.3) is 0 Å². The Morgan fingerprint density at radius 1 is 1.19 bits per heavy atom. The average Bonchev–Trinajstić information content (AvgIpc) is 2.52. The number of pyridine rings is 1. The number of amides is 1. The van der Waals surface area contributed by atoms with Gasteiger partial charge in [-0.25, -0.2) is 9.37 Å². The van der Waals surface area contributed by atoms with Crippen molar-refractivity contribution in [2.75, 3.05) is 18.4 Å². The van der Waals surface area contributed by atoms with Gasteiger partial charge in [0.25, 0.3) is 5.91 Å². The number of rotatable bonds is 6. The standard InChI is InChI=1S/C15H17FN4O/c16-12-3-1-11(2-4-12)9-19-13-5-6-14(20-10-13)15(21)18-8-7-17/h1-6,10,19H,7-9,17H2,(H,18,21). The minimum absolute atomic E-state index is 0.245. The Kier molecular flexibility index (Phi) is 5.22. The second-order valence-electron chi connectivity index (χ2n) is 4.46. The molecule has 21 heavy (non-hydrogen) atoms. The smallest absolute Gasteiger partial charge is 0.269 e. The van der Waals surface area contributed by atoms with Crippen molar-refractivity contribution in [3.63, 3.8) is 0 Å². The molecule has 2 aromatic rings. The van der Waals surface area contributed by atoms with Crippen molar-refractivity contribution < 1.29 is 9.18 Å². The van der Waals surface area contributed by atoms with Gasteiger partial charge in [0.2, 0.25) is 0 Å². The Bertz CT molecular complexity index is 584. The van der Waals surface area contributed by atoms with E-state index in [4.69, 9.17) is 5.73 Å². The molecular weight excluding hydrogens is 271 g/mol. The number of nitrogens with zero attached hydrogens (tertiary/aromatic N) is 1. The van der Waals surface area contributed by atoms with E-state index in [1.54, 1.807) is 30.5 Å². The molecule has 4 N–H and O–H groups in total. The van der Waals surface area contributed by atoms with Crippen LogP contribution in [0.3, 0.4) is 0 Å². The van der Waals surface area contributed by atoms with Crippen molar-refractivity contribution in [2.45, 2.75) is 6.54 Å². The number of aromatic nitrogens is 1. The summed E-state index contributed by atoms with van der Waals surface area (Å²) in [6.07, 6.45) is 1.58. The van der Waals surface area contributed by atoms with Crippen LogP contribution in [0.15, 0.2) is 42.6 Å². The Balaban J connectivity index is 1.90. The van der Waals surface area contributed by atoms with Crippen LogP contribution < -0.4 is 16.4 Å². The molecule has 0 fully saturated rings. The van der Waals surface area contributed by atoms with Gasteiger partial charge in [0, 0.05) is 19.6 Å². The van der Waals surface area contributed by atoms with Crippen molar-refractivity contribution in [3.05, 3.63) is 59.7 Å². The summed E-state index contributed by atoms with van der Waals surface area (Å²) in [5.74, 6) is -0.501. The van der Waals surface area contributed by atoms with Gasteiger partial charge in [0.15, 0.2) is 0 Å². The molecule has 0 aliphatic carbocycles. The molecule has 0 radical (unpaired) electrons. The molecule has 0 saturated carbocycles. The van der Waals surface area contributed by atoms with Crippen LogP contribution in [0.2, 0.25) is 0 Å². The van der Waals surface area contributed by atoms with Crippen LogP contribution in [0.1, 0.15) is 16.1 Å².